The van der Waals surface area contributed by atoms with E-state index in [1.807, 2.05) is 0 Å². The third kappa shape index (κ3) is 5.67. The van der Waals surface area contributed by atoms with E-state index in [0.717, 1.165) is 25.7 Å². The first kappa shape index (κ1) is 19.6. The second-order valence-electron chi connectivity index (χ2n) is 7.36. The van der Waals surface area contributed by atoms with Crippen LogP contribution < -0.4 is 16.0 Å². The highest BCUT2D eigenvalue weighted by Crippen LogP contribution is 2.18. The number of hydrogen-bond donors (Lipinski definition) is 4. The van der Waals surface area contributed by atoms with Gasteiger partial charge < -0.3 is 30.5 Å². The lowest BCUT2D eigenvalue weighted by Crippen LogP contribution is -2.62. The fourth-order valence-corrected chi connectivity index (χ4v) is 3.72. The predicted octanol–water partition coefficient (Wildman–Crippen LogP) is -0.324. The number of nitrogens with one attached hydrogen (secondary N) is 3. The van der Waals surface area contributed by atoms with E-state index in [4.69, 9.17) is 0 Å². The maximum absolute atomic E-state index is 12.7. The highest BCUT2D eigenvalue weighted by atomic mass is 16.3. The molecule has 0 spiro atoms. The van der Waals surface area contributed by atoms with Crippen molar-refractivity contribution in [1.29, 1.82) is 0 Å². The van der Waals surface area contributed by atoms with E-state index in [9.17, 15) is 14.7 Å². The van der Waals surface area contributed by atoms with Crippen LogP contribution in [0.4, 0.5) is 4.79 Å². The van der Waals surface area contributed by atoms with E-state index >= 15 is 0 Å². The molecule has 27 heavy (non-hydrogen) atoms. The summed E-state index contributed by atoms with van der Waals surface area (Å²) in [6.07, 6.45) is 9.83. The van der Waals surface area contributed by atoms with Gasteiger partial charge in [-0.25, -0.2) is 9.78 Å². The second kappa shape index (κ2) is 9.70. The van der Waals surface area contributed by atoms with Gasteiger partial charge in [0.2, 0.25) is 5.91 Å². The van der Waals surface area contributed by atoms with Crippen LogP contribution in [0.2, 0.25) is 0 Å². The molecule has 4 N–H and O–H groups in total. The van der Waals surface area contributed by atoms with Crippen molar-refractivity contribution in [3.8, 4) is 0 Å². The zero-order valence-corrected chi connectivity index (χ0v) is 15.6. The maximum atomic E-state index is 12.7. The topological polar surface area (TPSA) is 112 Å². The number of imidazole rings is 1. The molecule has 1 aliphatic carbocycles. The van der Waals surface area contributed by atoms with Gasteiger partial charge in [0.1, 0.15) is 6.04 Å². The Morgan fingerprint density at radius 2 is 2.11 bits per heavy atom. The Morgan fingerprint density at radius 3 is 2.85 bits per heavy atom. The van der Waals surface area contributed by atoms with Crippen molar-refractivity contribution >= 4 is 11.9 Å². The van der Waals surface area contributed by atoms with Crippen LogP contribution in [-0.4, -0.2) is 75.9 Å². The summed E-state index contributed by atoms with van der Waals surface area (Å²) in [4.78, 5) is 30.8. The van der Waals surface area contributed by atoms with Gasteiger partial charge in [-0.1, -0.05) is 19.3 Å². The standard InChI is InChI=1S/C18H30N6O3/c25-15(12-23-8-6-20-13-23)10-21-17(26)16-11-19-7-9-24(16)18(27)22-14-4-2-1-3-5-14/h6,8,13-16,19,25H,1-5,7,9-12H2,(H,21,26)(H,22,27). The zero-order chi connectivity index (χ0) is 19.1. The van der Waals surface area contributed by atoms with Gasteiger partial charge in [-0.05, 0) is 12.8 Å². The number of aliphatic hydroxyl groups excluding tert-OH is 1. The Labute approximate surface area is 159 Å². The van der Waals surface area contributed by atoms with Gasteiger partial charge in [-0.2, -0.15) is 0 Å². The van der Waals surface area contributed by atoms with Crippen LogP contribution >= 0.6 is 0 Å². The molecule has 1 saturated carbocycles. The van der Waals surface area contributed by atoms with Crippen LogP contribution in [0.3, 0.4) is 0 Å². The molecule has 0 bridgehead atoms. The molecule has 0 radical (unpaired) electrons. The molecule has 2 aliphatic rings. The van der Waals surface area contributed by atoms with Crippen LogP contribution in [0.25, 0.3) is 0 Å². The number of amides is 3. The number of carbonyl (C=O) groups excluding carboxylic acids is 2. The molecule has 3 amide bonds. The van der Waals surface area contributed by atoms with Gasteiger partial charge in [0.05, 0.1) is 19.0 Å². The summed E-state index contributed by atoms with van der Waals surface area (Å²) in [6, 6.07) is -0.521. The summed E-state index contributed by atoms with van der Waals surface area (Å²) in [5.41, 5.74) is 0. The Bertz CT molecular complexity index is 602. The minimum absolute atomic E-state index is 0.131. The third-order valence-electron chi connectivity index (χ3n) is 5.23. The largest absolute Gasteiger partial charge is 0.389 e. The van der Waals surface area contributed by atoms with Gasteiger partial charge in [-0.15, -0.1) is 0 Å². The molecule has 0 aromatic carbocycles. The fraction of sp³-hybridized carbons (Fsp3) is 0.722. The quantitative estimate of drug-likeness (QED) is 0.542. The summed E-state index contributed by atoms with van der Waals surface area (Å²) in [7, 11) is 0. The first-order chi connectivity index (χ1) is 13.1. The van der Waals surface area contributed by atoms with Crippen LogP contribution in [-0.2, 0) is 11.3 Å². The van der Waals surface area contributed by atoms with Crippen molar-refractivity contribution < 1.29 is 14.7 Å². The molecule has 9 nitrogen and oxygen atoms in total. The lowest BCUT2D eigenvalue weighted by molar-refractivity contribution is -0.126. The summed E-state index contributed by atoms with van der Waals surface area (Å²) in [6.45, 7) is 2.07. The van der Waals surface area contributed by atoms with Crippen molar-refractivity contribution in [1.82, 2.24) is 30.4 Å². The van der Waals surface area contributed by atoms with E-state index in [1.165, 1.54) is 6.42 Å². The van der Waals surface area contributed by atoms with Crippen LogP contribution in [0, 0.1) is 0 Å². The fourth-order valence-electron chi connectivity index (χ4n) is 3.72. The molecule has 1 aliphatic heterocycles. The number of aliphatic hydroxyl groups is 1. The lowest BCUT2D eigenvalue weighted by Gasteiger charge is -2.36. The van der Waals surface area contributed by atoms with Crippen molar-refractivity contribution in [2.75, 3.05) is 26.2 Å². The number of hydrogen-bond acceptors (Lipinski definition) is 5. The number of nitrogens with zero attached hydrogens (tertiary/aromatic N) is 3. The molecule has 150 valence electrons. The first-order valence-electron chi connectivity index (χ1n) is 9.83. The van der Waals surface area contributed by atoms with Crippen LogP contribution in [0.15, 0.2) is 18.7 Å². The Morgan fingerprint density at radius 1 is 1.30 bits per heavy atom. The average molecular weight is 378 g/mol. The monoisotopic (exact) mass is 378 g/mol. The van der Waals surface area contributed by atoms with E-state index in [1.54, 1.807) is 28.2 Å². The van der Waals surface area contributed by atoms with Crippen molar-refractivity contribution in [2.45, 2.75) is 56.8 Å². The maximum Gasteiger partial charge on any atom is 0.318 e. The molecular weight excluding hydrogens is 348 g/mol. The lowest BCUT2D eigenvalue weighted by atomic mass is 9.96. The summed E-state index contributed by atoms with van der Waals surface area (Å²) in [5, 5.41) is 19.1. The van der Waals surface area contributed by atoms with Gasteiger partial charge in [0.15, 0.2) is 0 Å². The molecule has 3 rings (SSSR count). The van der Waals surface area contributed by atoms with E-state index in [-0.39, 0.29) is 24.5 Å². The van der Waals surface area contributed by atoms with Gasteiger partial charge in [0, 0.05) is 44.6 Å². The van der Waals surface area contributed by atoms with Crippen molar-refractivity contribution in [2.24, 2.45) is 0 Å². The molecule has 1 aromatic heterocycles. The summed E-state index contributed by atoms with van der Waals surface area (Å²) >= 11 is 0. The van der Waals surface area contributed by atoms with Gasteiger partial charge >= 0.3 is 6.03 Å². The number of aromatic nitrogens is 2. The third-order valence-corrected chi connectivity index (χ3v) is 5.23. The highest BCUT2D eigenvalue weighted by Gasteiger charge is 2.33. The molecule has 9 heteroatoms. The van der Waals surface area contributed by atoms with Crippen LogP contribution in [0.1, 0.15) is 32.1 Å². The van der Waals surface area contributed by atoms with Crippen LogP contribution in [0.5, 0.6) is 0 Å². The molecule has 2 fully saturated rings. The van der Waals surface area contributed by atoms with E-state index in [0.29, 0.717) is 26.2 Å². The minimum Gasteiger partial charge on any atom is -0.389 e. The minimum atomic E-state index is -0.718. The molecule has 2 unspecified atom stereocenters. The van der Waals surface area contributed by atoms with Crippen molar-refractivity contribution in [3.05, 3.63) is 18.7 Å². The number of piperazine rings is 1. The molecule has 1 saturated heterocycles. The number of carbonyl (C=O) groups is 2. The number of rotatable bonds is 6. The normalized spacial score (nSPS) is 22.3. The van der Waals surface area contributed by atoms with E-state index < -0.39 is 12.1 Å². The molecule has 2 heterocycles. The highest BCUT2D eigenvalue weighted by molar-refractivity contribution is 5.87. The summed E-state index contributed by atoms with van der Waals surface area (Å²) in [5.74, 6) is -0.245. The second-order valence-corrected chi connectivity index (χ2v) is 7.36. The zero-order valence-electron chi connectivity index (χ0n) is 15.6. The van der Waals surface area contributed by atoms with Gasteiger partial charge in [0.25, 0.3) is 0 Å². The predicted molar refractivity (Wildman–Crippen MR) is 100 cm³/mol. The average Bonchev–Trinajstić information content (AvgIpc) is 3.20. The van der Waals surface area contributed by atoms with Gasteiger partial charge in [-0.3, -0.25) is 4.79 Å². The Hall–Kier alpha value is -2.13. The van der Waals surface area contributed by atoms with Crippen molar-refractivity contribution in [3.63, 3.8) is 0 Å². The Kier molecular flexibility index (Phi) is 7.05. The molecule has 2 atom stereocenters. The summed E-state index contributed by atoms with van der Waals surface area (Å²) < 4.78 is 1.75. The SMILES string of the molecule is O=C(NCC(O)Cn1ccnc1)C1CNCCN1C(=O)NC1CCCCC1. The first-order valence-corrected chi connectivity index (χ1v) is 9.83. The smallest absolute Gasteiger partial charge is 0.318 e. The molecular formula is C18H30N6O3. The number of urea groups is 1. The van der Waals surface area contributed by atoms with E-state index in [2.05, 4.69) is 20.9 Å². The molecule has 1 aromatic rings. The Balaban J connectivity index is 1.49.